The number of nitrogens with two attached hydrogens (primary N) is 1. The number of nitrogens with one attached hydrogen (secondary N) is 1. The van der Waals surface area contributed by atoms with E-state index < -0.39 is 0 Å². The van der Waals surface area contributed by atoms with E-state index in [0.29, 0.717) is 30.8 Å². The largest absolute Gasteiger partial charge is 0.477 e. The van der Waals surface area contributed by atoms with E-state index in [1.807, 2.05) is 39.0 Å². The Bertz CT molecular complexity index is 799. The van der Waals surface area contributed by atoms with Crippen LogP contribution in [0.5, 0.6) is 5.88 Å². The predicted molar refractivity (Wildman–Crippen MR) is 123 cm³/mol. The average Bonchev–Trinajstić information content (AvgIpc) is 2.75. The van der Waals surface area contributed by atoms with Gasteiger partial charge in [0.1, 0.15) is 5.56 Å². The molecule has 1 aliphatic carbocycles. The van der Waals surface area contributed by atoms with E-state index in [9.17, 15) is 4.79 Å². The van der Waals surface area contributed by atoms with Crippen molar-refractivity contribution in [1.82, 2.24) is 25.1 Å². The number of ether oxygens (including phenoxy) is 1. The van der Waals surface area contributed by atoms with Crippen LogP contribution >= 0.6 is 0 Å². The Morgan fingerprint density at radius 3 is 2.94 bits per heavy atom. The minimum Gasteiger partial charge on any atom is -0.477 e. The summed E-state index contributed by atoms with van der Waals surface area (Å²) in [6, 6.07) is 0.340. The van der Waals surface area contributed by atoms with E-state index in [0.717, 1.165) is 38.6 Å². The van der Waals surface area contributed by atoms with Crippen LogP contribution in [0.3, 0.4) is 0 Å². The molecule has 1 saturated carbocycles. The fraction of sp³-hybridized carbons (Fsp3) is 0.609. The first kappa shape index (κ1) is 24.6. The number of carbonyl (C=O) groups is 1. The van der Waals surface area contributed by atoms with Crippen molar-refractivity contribution in [3.05, 3.63) is 23.9 Å². The Hall–Kier alpha value is -2.63. The highest BCUT2D eigenvalue weighted by Gasteiger charge is 2.21. The third-order valence-electron chi connectivity index (χ3n) is 5.02. The van der Waals surface area contributed by atoms with Crippen LogP contribution in [-0.4, -0.2) is 72.7 Å². The Balaban J connectivity index is 1.88. The van der Waals surface area contributed by atoms with Gasteiger partial charge in [-0.1, -0.05) is 31.3 Å². The molecule has 8 heteroatoms. The molecule has 1 heterocycles. The molecule has 0 aliphatic heterocycles. The van der Waals surface area contributed by atoms with E-state index in [-0.39, 0.29) is 17.8 Å². The van der Waals surface area contributed by atoms with E-state index in [1.54, 1.807) is 17.2 Å². The molecule has 0 saturated heterocycles. The summed E-state index contributed by atoms with van der Waals surface area (Å²) in [5.74, 6) is 7.49. The number of likely N-dealkylation sites (N-methyl/N-ethyl adjacent to an activating group) is 2. The van der Waals surface area contributed by atoms with Gasteiger partial charge >= 0.3 is 0 Å². The van der Waals surface area contributed by atoms with Crippen LogP contribution in [0.2, 0.25) is 0 Å². The second-order valence-corrected chi connectivity index (χ2v) is 8.19. The predicted octanol–water partition coefficient (Wildman–Crippen LogP) is 1.88. The average molecular weight is 429 g/mol. The van der Waals surface area contributed by atoms with Crippen LogP contribution in [-0.2, 0) is 4.79 Å². The summed E-state index contributed by atoms with van der Waals surface area (Å²) in [5, 5.41) is 3.50. The summed E-state index contributed by atoms with van der Waals surface area (Å²) in [6.45, 7) is 3.88. The Kier molecular flexibility index (Phi) is 10.3. The lowest BCUT2D eigenvalue weighted by Crippen LogP contribution is -2.42. The van der Waals surface area contributed by atoms with Crippen LogP contribution in [0.25, 0.3) is 0 Å². The van der Waals surface area contributed by atoms with Crippen molar-refractivity contribution in [3.8, 4) is 17.7 Å². The maximum atomic E-state index is 12.2. The minimum atomic E-state index is 0.00413. The van der Waals surface area contributed by atoms with Crippen molar-refractivity contribution < 1.29 is 9.53 Å². The van der Waals surface area contributed by atoms with Gasteiger partial charge in [-0.2, -0.15) is 4.98 Å². The molecule has 1 aliphatic rings. The topological polar surface area (TPSA) is 96.6 Å². The molecule has 1 aromatic rings. The van der Waals surface area contributed by atoms with Gasteiger partial charge in [-0.3, -0.25) is 10.1 Å². The standard InChI is InChI=1S/C23H36N6O2/c1-5-14-31-22-19(16-25-23(24)27-22)12-11-18-8-6-9-20(15-18)26-17-29(4)21(30)10-7-13-28(2)3/h7,10,16,18,20,26H,5-6,8-9,13-15,17H2,1-4H3,(H2,24,25,27)/b10-7+/t18-,20-/m0/s1. The second-order valence-electron chi connectivity index (χ2n) is 8.19. The van der Waals surface area contributed by atoms with E-state index in [1.165, 1.54) is 0 Å². The van der Waals surface area contributed by atoms with Gasteiger partial charge in [0.25, 0.3) is 0 Å². The molecule has 170 valence electrons. The molecular weight excluding hydrogens is 392 g/mol. The summed E-state index contributed by atoms with van der Waals surface area (Å²) in [7, 11) is 5.76. The molecule has 1 fully saturated rings. The molecule has 0 radical (unpaired) electrons. The highest BCUT2D eigenvalue weighted by Crippen LogP contribution is 2.24. The van der Waals surface area contributed by atoms with Crippen molar-refractivity contribution in [2.75, 3.05) is 46.7 Å². The molecule has 0 unspecified atom stereocenters. The van der Waals surface area contributed by atoms with Crippen LogP contribution in [0.4, 0.5) is 5.95 Å². The zero-order chi connectivity index (χ0) is 22.6. The maximum absolute atomic E-state index is 12.2. The van der Waals surface area contributed by atoms with Gasteiger partial charge in [0.15, 0.2) is 0 Å². The molecule has 1 aromatic heterocycles. The molecule has 0 bridgehead atoms. The molecule has 2 rings (SSSR count). The van der Waals surface area contributed by atoms with Crippen LogP contribution < -0.4 is 15.8 Å². The molecule has 3 N–H and O–H groups in total. The molecule has 1 amide bonds. The first-order valence-corrected chi connectivity index (χ1v) is 11.0. The van der Waals surface area contributed by atoms with Gasteiger partial charge in [-0.25, -0.2) is 4.98 Å². The lowest BCUT2D eigenvalue weighted by atomic mass is 9.86. The van der Waals surface area contributed by atoms with Crippen molar-refractivity contribution in [1.29, 1.82) is 0 Å². The lowest BCUT2D eigenvalue weighted by Gasteiger charge is -2.29. The van der Waals surface area contributed by atoms with Crippen LogP contribution in [0.1, 0.15) is 44.6 Å². The van der Waals surface area contributed by atoms with Gasteiger partial charge in [0.2, 0.25) is 17.7 Å². The SMILES string of the molecule is CCCOc1nc(N)ncc1C#C[C@@H]1CCC[C@H](NCN(C)C(=O)/C=C/CN(C)C)C1. The van der Waals surface area contributed by atoms with Gasteiger partial charge in [-0.15, -0.1) is 0 Å². The van der Waals surface area contributed by atoms with Crippen LogP contribution in [0, 0.1) is 17.8 Å². The number of hydrogen-bond acceptors (Lipinski definition) is 7. The fourth-order valence-corrected chi connectivity index (χ4v) is 3.30. The third kappa shape index (κ3) is 8.95. The summed E-state index contributed by atoms with van der Waals surface area (Å²) in [6.07, 6.45) is 10.2. The number of amides is 1. The fourth-order valence-electron chi connectivity index (χ4n) is 3.30. The number of nitrogens with zero attached hydrogens (tertiary/aromatic N) is 4. The summed E-state index contributed by atoms with van der Waals surface area (Å²) < 4.78 is 5.66. The Labute approximate surface area is 186 Å². The monoisotopic (exact) mass is 428 g/mol. The maximum Gasteiger partial charge on any atom is 0.247 e. The van der Waals surface area contributed by atoms with Gasteiger partial charge < -0.3 is 20.3 Å². The normalized spacial score (nSPS) is 18.6. The lowest BCUT2D eigenvalue weighted by molar-refractivity contribution is -0.125. The highest BCUT2D eigenvalue weighted by molar-refractivity contribution is 5.87. The van der Waals surface area contributed by atoms with E-state index in [2.05, 4.69) is 27.1 Å². The third-order valence-corrected chi connectivity index (χ3v) is 5.02. The molecule has 0 aromatic carbocycles. The molecule has 2 atom stereocenters. The number of aromatic nitrogens is 2. The number of rotatable bonds is 9. The summed E-state index contributed by atoms with van der Waals surface area (Å²) in [4.78, 5) is 24.1. The first-order valence-electron chi connectivity index (χ1n) is 11.0. The first-order chi connectivity index (χ1) is 14.9. The van der Waals surface area contributed by atoms with Gasteiger partial charge in [-0.05, 0) is 39.8 Å². The van der Waals surface area contributed by atoms with Gasteiger partial charge in [0, 0.05) is 31.6 Å². The minimum absolute atomic E-state index is 0.00413. The van der Waals surface area contributed by atoms with Crippen molar-refractivity contribution in [3.63, 3.8) is 0 Å². The van der Waals surface area contributed by atoms with Crippen LogP contribution in [0.15, 0.2) is 18.3 Å². The molecule has 31 heavy (non-hydrogen) atoms. The highest BCUT2D eigenvalue weighted by atomic mass is 16.5. The van der Waals surface area contributed by atoms with Crippen molar-refractivity contribution >= 4 is 11.9 Å². The Morgan fingerprint density at radius 2 is 2.19 bits per heavy atom. The zero-order valence-corrected chi connectivity index (χ0v) is 19.2. The number of hydrogen-bond donors (Lipinski definition) is 2. The Morgan fingerprint density at radius 1 is 1.39 bits per heavy atom. The number of anilines is 1. The van der Waals surface area contributed by atoms with Crippen molar-refractivity contribution in [2.24, 2.45) is 5.92 Å². The molecular formula is C23H36N6O2. The van der Waals surface area contributed by atoms with E-state index >= 15 is 0 Å². The quantitative estimate of drug-likeness (QED) is 0.352. The molecule has 0 spiro atoms. The second kappa shape index (κ2) is 12.9. The summed E-state index contributed by atoms with van der Waals surface area (Å²) >= 11 is 0. The molecule has 8 nitrogen and oxygen atoms in total. The smallest absolute Gasteiger partial charge is 0.247 e. The van der Waals surface area contributed by atoms with E-state index in [4.69, 9.17) is 10.5 Å². The van der Waals surface area contributed by atoms with Crippen molar-refractivity contribution in [2.45, 2.75) is 45.1 Å². The van der Waals surface area contributed by atoms with Gasteiger partial charge in [0.05, 0.1) is 19.5 Å². The zero-order valence-electron chi connectivity index (χ0n) is 19.2. The number of carbonyl (C=O) groups excluding carboxylic acids is 1. The summed E-state index contributed by atoms with van der Waals surface area (Å²) in [5.41, 5.74) is 6.36. The number of nitrogen functional groups attached to an aromatic ring is 1.